The Morgan fingerprint density at radius 1 is 0.975 bits per heavy atom. The molecule has 9 nitrogen and oxygen atoms in total. The molecule has 6 rings (SSSR count). The monoisotopic (exact) mass is 559 g/mol. The quantitative estimate of drug-likeness (QED) is 0.414. The first-order valence-electron chi connectivity index (χ1n) is 15.0. The van der Waals surface area contributed by atoms with Crippen molar-refractivity contribution in [1.82, 2.24) is 4.73 Å². The topological polar surface area (TPSA) is 131 Å². The van der Waals surface area contributed by atoms with Gasteiger partial charge in [-0.1, -0.05) is 31.6 Å². The second-order valence-electron chi connectivity index (χ2n) is 13.5. The van der Waals surface area contributed by atoms with Crippen molar-refractivity contribution in [1.29, 1.82) is 0 Å². The van der Waals surface area contributed by atoms with E-state index in [1.54, 1.807) is 19.2 Å². The van der Waals surface area contributed by atoms with Gasteiger partial charge in [0.05, 0.1) is 24.0 Å². The molecule has 1 saturated heterocycles. The maximum Gasteiger partial charge on any atom is 0.282 e. The molecule has 0 aromatic carbocycles. The first kappa shape index (κ1) is 28.4. The van der Waals surface area contributed by atoms with E-state index in [1.165, 1.54) is 17.4 Å². The Morgan fingerprint density at radius 3 is 2.50 bits per heavy atom. The fourth-order valence-electron chi connectivity index (χ4n) is 9.44. The lowest BCUT2D eigenvalue weighted by molar-refractivity contribution is -0.301. The Morgan fingerprint density at radius 2 is 1.75 bits per heavy atom. The number of nitrogens with zero attached hydrogens (tertiary/aromatic N) is 1. The van der Waals surface area contributed by atoms with Crippen LogP contribution in [0, 0.1) is 22.7 Å². The van der Waals surface area contributed by atoms with Crippen molar-refractivity contribution in [2.24, 2.45) is 22.7 Å². The Labute approximate surface area is 235 Å². The van der Waals surface area contributed by atoms with Crippen LogP contribution >= 0.6 is 0 Å². The van der Waals surface area contributed by atoms with E-state index >= 15 is 0 Å². The van der Waals surface area contributed by atoms with Crippen molar-refractivity contribution in [3.63, 3.8) is 0 Å². The van der Waals surface area contributed by atoms with Gasteiger partial charge in [-0.05, 0) is 87.0 Å². The summed E-state index contributed by atoms with van der Waals surface area (Å²) in [5, 5.41) is 43.2. The number of aromatic nitrogens is 1. The van der Waals surface area contributed by atoms with Crippen molar-refractivity contribution in [3.8, 4) is 0 Å². The average molecular weight is 560 g/mol. The molecule has 3 saturated carbocycles. The standard InChI is InChI=1S/C31H45NO8/c1-17-25(34)26(35)27(36)28(39-17)40-20-9-12-29(2)19(15-20)6-7-23-22(29)10-13-30(3)21(11-14-31(23,30)37)18-5-8-24(33)32(16-18)38-4/h5,8,15-17,20-23,25-28,34-37H,6-7,9-14H2,1-4H3/t17-,20-,21+,22-,23+,25-,26+,27+,28-,29-,30+,31-/m0/s1. The molecule has 0 spiro atoms. The number of allylic oxidation sites excluding steroid dienone is 1. The van der Waals surface area contributed by atoms with Crippen LogP contribution in [0.5, 0.6) is 0 Å². The maximum atomic E-state index is 12.5. The number of fused-ring (bicyclic) bond motifs is 5. The zero-order chi connectivity index (χ0) is 28.6. The van der Waals surface area contributed by atoms with Crippen LogP contribution in [0.1, 0.15) is 83.6 Å². The van der Waals surface area contributed by atoms with E-state index in [2.05, 4.69) is 19.9 Å². The highest BCUT2D eigenvalue weighted by atomic mass is 16.7. The third-order valence-corrected chi connectivity index (χ3v) is 11.9. The second kappa shape index (κ2) is 9.92. The summed E-state index contributed by atoms with van der Waals surface area (Å²) in [6.45, 7) is 6.27. The summed E-state index contributed by atoms with van der Waals surface area (Å²) in [5.41, 5.74) is 1.13. The van der Waals surface area contributed by atoms with Crippen molar-refractivity contribution in [3.05, 3.63) is 45.9 Å². The number of hydrogen-bond acceptors (Lipinski definition) is 8. The van der Waals surface area contributed by atoms with Gasteiger partial charge >= 0.3 is 0 Å². The van der Waals surface area contributed by atoms with Gasteiger partial charge in [-0.2, -0.15) is 4.73 Å². The van der Waals surface area contributed by atoms with E-state index in [4.69, 9.17) is 14.3 Å². The molecule has 0 amide bonds. The van der Waals surface area contributed by atoms with Gasteiger partial charge in [0.2, 0.25) is 0 Å². The fourth-order valence-corrected chi connectivity index (χ4v) is 9.44. The fraction of sp³-hybridized carbons (Fsp3) is 0.774. The molecule has 0 unspecified atom stereocenters. The van der Waals surface area contributed by atoms with E-state index in [9.17, 15) is 25.2 Å². The highest BCUT2D eigenvalue weighted by molar-refractivity contribution is 5.31. The summed E-state index contributed by atoms with van der Waals surface area (Å²) in [4.78, 5) is 17.4. The van der Waals surface area contributed by atoms with Crippen LogP contribution in [-0.2, 0) is 9.47 Å². The highest BCUT2D eigenvalue weighted by Crippen LogP contribution is 2.70. The largest absolute Gasteiger partial charge is 0.414 e. The van der Waals surface area contributed by atoms with Crippen molar-refractivity contribution in [2.75, 3.05) is 7.11 Å². The molecular weight excluding hydrogens is 514 g/mol. The van der Waals surface area contributed by atoms with Gasteiger partial charge in [-0.25, -0.2) is 0 Å². The van der Waals surface area contributed by atoms with Crippen LogP contribution in [0.4, 0.5) is 0 Å². The number of aliphatic hydroxyl groups excluding tert-OH is 3. The lowest BCUT2D eigenvalue weighted by Gasteiger charge is -2.62. The summed E-state index contributed by atoms with van der Waals surface area (Å²) in [5.74, 6) is 0.726. The molecule has 2 heterocycles. The van der Waals surface area contributed by atoms with Crippen LogP contribution in [0.25, 0.3) is 0 Å². The number of rotatable bonds is 4. The predicted molar refractivity (Wildman–Crippen MR) is 146 cm³/mol. The SMILES string of the molecule is COn1cc([C@H]2CC[C@]3(O)[C@@H]4CCC5=C[C@@H](O[C@@H]6O[C@@H](C)[C@H](O)[C@@H](O)[C@H]6O)CC[C@]5(C)[C@H]4CC[C@]23C)ccc1=O. The first-order valence-corrected chi connectivity index (χ1v) is 15.0. The number of pyridine rings is 1. The van der Waals surface area contributed by atoms with Crippen LogP contribution in [0.3, 0.4) is 0 Å². The first-order chi connectivity index (χ1) is 18.9. The van der Waals surface area contributed by atoms with Gasteiger partial charge in [-0.15, -0.1) is 0 Å². The molecule has 222 valence electrons. The Bertz CT molecular complexity index is 1220. The van der Waals surface area contributed by atoms with Crippen molar-refractivity contribution >= 4 is 0 Å². The molecule has 0 radical (unpaired) electrons. The number of ether oxygens (including phenoxy) is 2. The summed E-state index contributed by atoms with van der Waals surface area (Å²) >= 11 is 0. The normalized spacial score (nSPS) is 48.5. The second-order valence-corrected chi connectivity index (χ2v) is 13.5. The van der Waals surface area contributed by atoms with E-state index in [1.807, 2.05) is 6.07 Å². The summed E-state index contributed by atoms with van der Waals surface area (Å²) in [6, 6.07) is 3.47. The van der Waals surface area contributed by atoms with Gasteiger partial charge in [-0.3, -0.25) is 4.79 Å². The van der Waals surface area contributed by atoms with E-state index in [-0.39, 0.29) is 34.3 Å². The molecule has 1 aromatic rings. The minimum absolute atomic E-state index is 0.0315. The lowest BCUT2D eigenvalue weighted by atomic mass is 9.45. The van der Waals surface area contributed by atoms with E-state index < -0.39 is 36.3 Å². The van der Waals surface area contributed by atoms with E-state index in [0.29, 0.717) is 5.92 Å². The molecule has 12 atom stereocenters. The lowest BCUT2D eigenvalue weighted by Crippen LogP contribution is -2.60. The molecule has 40 heavy (non-hydrogen) atoms. The van der Waals surface area contributed by atoms with Gasteiger partial charge in [0, 0.05) is 11.5 Å². The molecule has 0 bridgehead atoms. The Hall–Kier alpha value is -1.75. The predicted octanol–water partition coefficient (Wildman–Crippen LogP) is 2.28. The van der Waals surface area contributed by atoms with E-state index in [0.717, 1.165) is 56.9 Å². The third kappa shape index (κ3) is 4.07. The van der Waals surface area contributed by atoms with Crippen molar-refractivity contribution in [2.45, 2.75) is 120 Å². The van der Waals surface area contributed by atoms with Crippen molar-refractivity contribution < 1.29 is 34.7 Å². The molecular formula is C31H45NO8. The van der Waals surface area contributed by atoms with Gasteiger partial charge < -0.3 is 34.7 Å². The van der Waals surface area contributed by atoms with Crippen LogP contribution in [0.15, 0.2) is 34.8 Å². The van der Waals surface area contributed by atoms with Gasteiger partial charge in [0.15, 0.2) is 6.29 Å². The number of hydrogen-bond donors (Lipinski definition) is 4. The van der Waals surface area contributed by atoms with Gasteiger partial charge in [0.1, 0.15) is 25.4 Å². The highest BCUT2D eigenvalue weighted by Gasteiger charge is 2.66. The molecule has 1 aliphatic heterocycles. The molecule has 4 fully saturated rings. The minimum atomic E-state index is -1.31. The molecule has 4 aliphatic carbocycles. The van der Waals surface area contributed by atoms with Crippen LogP contribution in [-0.4, -0.2) is 74.7 Å². The third-order valence-electron chi connectivity index (χ3n) is 11.9. The Kier molecular flexibility index (Phi) is 7.04. The van der Waals surface area contributed by atoms with Crippen LogP contribution < -0.4 is 10.4 Å². The van der Waals surface area contributed by atoms with Gasteiger partial charge in [0.25, 0.3) is 5.56 Å². The summed E-state index contributed by atoms with van der Waals surface area (Å²) in [7, 11) is 1.50. The summed E-state index contributed by atoms with van der Waals surface area (Å²) in [6.07, 6.45) is 5.45. The summed E-state index contributed by atoms with van der Waals surface area (Å²) < 4.78 is 13.1. The zero-order valence-electron chi connectivity index (χ0n) is 24.0. The van der Waals surface area contributed by atoms with Crippen LogP contribution in [0.2, 0.25) is 0 Å². The smallest absolute Gasteiger partial charge is 0.282 e. The minimum Gasteiger partial charge on any atom is -0.414 e. The maximum absolute atomic E-state index is 12.5. The average Bonchev–Trinajstić information content (AvgIpc) is 3.22. The Balaban J connectivity index is 1.22. The molecule has 5 aliphatic rings. The molecule has 4 N–H and O–H groups in total. The zero-order valence-corrected chi connectivity index (χ0v) is 24.0. The number of aliphatic hydroxyl groups is 4. The molecule has 9 heteroatoms. The molecule has 1 aromatic heterocycles.